The zero-order chi connectivity index (χ0) is 15.7. The van der Waals surface area contributed by atoms with E-state index in [1.54, 1.807) is 0 Å². The zero-order valence-electron chi connectivity index (χ0n) is 13.2. The zero-order valence-corrected chi connectivity index (χ0v) is 13.2. The highest BCUT2D eigenvalue weighted by Crippen LogP contribution is 2.46. The van der Waals surface area contributed by atoms with Gasteiger partial charge < -0.3 is 10.6 Å². The van der Waals surface area contributed by atoms with E-state index in [2.05, 4.69) is 61.1 Å². The monoisotopic (exact) mass is 291 g/mol. The third-order valence-corrected chi connectivity index (χ3v) is 4.32. The minimum atomic E-state index is -0.0282. The number of allylic oxidation sites excluding steroid dienone is 2. The molecule has 22 heavy (non-hydrogen) atoms. The van der Waals surface area contributed by atoms with Crippen LogP contribution >= 0.6 is 0 Å². The first kappa shape index (κ1) is 14.4. The lowest BCUT2D eigenvalue weighted by molar-refractivity contribution is 0.641. The Labute approximate surface area is 131 Å². The second-order valence-electron chi connectivity index (χ2n) is 6.09. The topological polar surface area (TPSA) is 41.6 Å². The van der Waals surface area contributed by atoms with Crippen molar-refractivity contribution in [2.75, 3.05) is 17.7 Å². The summed E-state index contributed by atoms with van der Waals surface area (Å²) in [4.78, 5) is 6.71. The molecule has 0 atom stereocenters. The lowest BCUT2D eigenvalue weighted by Crippen LogP contribution is -2.23. The molecule has 1 aliphatic heterocycles. The smallest absolute Gasteiger partial charge is 0.0858 e. The van der Waals surface area contributed by atoms with E-state index >= 15 is 0 Å². The van der Waals surface area contributed by atoms with Crippen LogP contribution in [0.15, 0.2) is 65.3 Å². The molecule has 2 aromatic carbocycles. The van der Waals surface area contributed by atoms with Crippen molar-refractivity contribution in [1.29, 1.82) is 0 Å². The fourth-order valence-electron chi connectivity index (χ4n) is 3.10. The van der Waals surface area contributed by atoms with E-state index < -0.39 is 0 Å². The fraction of sp³-hybridized carbons (Fsp3) is 0.211. The number of benzene rings is 2. The summed E-state index contributed by atoms with van der Waals surface area (Å²) in [5.41, 5.74) is 11.2. The number of anilines is 2. The number of rotatable bonds is 2. The summed E-state index contributed by atoms with van der Waals surface area (Å²) < 4.78 is 0. The minimum Gasteiger partial charge on any atom is -0.397 e. The van der Waals surface area contributed by atoms with Crippen molar-refractivity contribution in [3.8, 4) is 0 Å². The Morgan fingerprint density at radius 1 is 1.05 bits per heavy atom. The fourth-order valence-corrected chi connectivity index (χ4v) is 3.10. The van der Waals surface area contributed by atoms with Gasteiger partial charge in [0.25, 0.3) is 0 Å². The van der Waals surface area contributed by atoms with Crippen LogP contribution in [0.2, 0.25) is 0 Å². The molecule has 0 fully saturated rings. The summed E-state index contributed by atoms with van der Waals surface area (Å²) in [5.74, 6) is 0. The molecule has 0 saturated carbocycles. The van der Waals surface area contributed by atoms with Crippen LogP contribution < -0.4 is 10.6 Å². The highest BCUT2D eigenvalue weighted by atomic mass is 15.2. The quantitative estimate of drug-likeness (QED) is 0.662. The van der Waals surface area contributed by atoms with Crippen molar-refractivity contribution in [3.05, 3.63) is 65.9 Å². The van der Waals surface area contributed by atoms with Crippen LogP contribution in [0.5, 0.6) is 0 Å². The summed E-state index contributed by atoms with van der Waals surface area (Å²) in [6, 6.07) is 16.2. The molecular formula is C19H21N3. The van der Waals surface area contributed by atoms with Crippen LogP contribution in [0.1, 0.15) is 19.4 Å². The standard InChI is InChI=1S/C19H21N3/c1-19(2)14-8-4-7-11-17(14)22(3)18(19)12-13-21-16-10-6-5-9-15(16)20/h4-13H,20H2,1-3H3/b18-12-,21-13?. The molecular weight excluding hydrogens is 270 g/mol. The predicted molar refractivity (Wildman–Crippen MR) is 95.0 cm³/mol. The van der Waals surface area contributed by atoms with Gasteiger partial charge in [-0.05, 0) is 29.8 Å². The van der Waals surface area contributed by atoms with Crippen molar-refractivity contribution < 1.29 is 0 Å². The van der Waals surface area contributed by atoms with Crippen LogP contribution in [0.3, 0.4) is 0 Å². The average Bonchev–Trinajstić information content (AvgIpc) is 2.70. The molecule has 3 nitrogen and oxygen atoms in total. The van der Waals surface area contributed by atoms with Gasteiger partial charge >= 0.3 is 0 Å². The Morgan fingerprint density at radius 3 is 2.45 bits per heavy atom. The Hall–Kier alpha value is -2.55. The van der Waals surface area contributed by atoms with Crippen molar-refractivity contribution in [1.82, 2.24) is 0 Å². The summed E-state index contributed by atoms with van der Waals surface area (Å²) in [6.45, 7) is 4.48. The molecule has 0 aliphatic carbocycles. The van der Waals surface area contributed by atoms with E-state index in [0.29, 0.717) is 5.69 Å². The Balaban J connectivity index is 1.94. The molecule has 0 saturated heterocycles. The van der Waals surface area contributed by atoms with Crippen molar-refractivity contribution in [2.24, 2.45) is 4.99 Å². The Morgan fingerprint density at radius 2 is 1.73 bits per heavy atom. The van der Waals surface area contributed by atoms with E-state index in [1.165, 1.54) is 16.9 Å². The first-order chi connectivity index (χ1) is 10.5. The number of hydrogen-bond acceptors (Lipinski definition) is 3. The molecule has 3 rings (SSSR count). The number of nitrogen functional groups attached to an aromatic ring is 1. The number of aliphatic imine (C=N–C) groups is 1. The molecule has 0 unspecified atom stereocenters. The average molecular weight is 291 g/mol. The molecule has 3 heteroatoms. The molecule has 1 aliphatic rings. The highest BCUT2D eigenvalue weighted by Gasteiger charge is 2.37. The van der Waals surface area contributed by atoms with Crippen LogP contribution in [0, 0.1) is 0 Å². The first-order valence-corrected chi connectivity index (χ1v) is 7.44. The summed E-state index contributed by atoms with van der Waals surface area (Å²) in [5, 5.41) is 0. The minimum absolute atomic E-state index is 0.0282. The van der Waals surface area contributed by atoms with E-state index in [9.17, 15) is 0 Å². The third kappa shape index (κ3) is 2.29. The van der Waals surface area contributed by atoms with Gasteiger partial charge in [0.05, 0.1) is 11.4 Å². The largest absolute Gasteiger partial charge is 0.397 e. The van der Waals surface area contributed by atoms with Gasteiger partial charge in [0.1, 0.15) is 0 Å². The lowest BCUT2D eigenvalue weighted by Gasteiger charge is -2.23. The summed E-state index contributed by atoms with van der Waals surface area (Å²) in [6.07, 6.45) is 3.91. The Kier molecular flexibility index (Phi) is 3.49. The van der Waals surface area contributed by atoms with E-state index in [1.807, 2.05) is 30.5 Å². The molecule has 0 radical (unpaired) electrons. The van der Waals surface area contributed by atoms with Crippen molar-refractivity contribution in [2.45, 2.75) is 19.3 Å². The Bertz CT molecular complexity index is 757. The van der Waals surface area contributed by atoms with Crippen LogP contribution in [0.4, 0.5) is 17.1 Å². The highest BCUT2D eigenvalue weighted by molar-refractivity contribution is 5.82. The lowest BCUT2D eigenvalue weighted by atomic mass is 9.84. The SMILES string of the molecule is CN1/C(=C\C=Nc2ccccc2N)C(C)(C)c2ccccc21. The van der Waals surface area contributed by atoms with E-state index in [0.717, 1.165) is 5.69 Å². The molecule has 112 valence electrons. The second kappa shape index (κ2) is 5.34. The van der Waals surface area contributed by atoms with Crippen LogP contribution in [0.25, 0.3) is 0 Å². The number of hydrogen-bond donors (Lipinski definition) is 1. The first-order valence-electron chi connectivity index (χ1n) is 7.44. The second-order valence-corrected chi connectivity index (χ2v) is 6.09. The van der Waals surface area contributed by atoms with Gasteiger partial charge in [0.15, 0.2) is 0 Å². The maximum absolute atomic E-state index is 5.92. The van der Waals surface area contributed by atoms with Crippen LogP contribution in [-0.4, -0.2) is 13.3 Å². The molecule has 0 bridgehead atoms. The molecule has 1 heterocycles. The van der Waals surface area contributed by atoms with E-state index in [-0.39, 0.29) is 5.41 Å². The molecule has 2 N–H and O–H groups in total. The van der Waals surface area contributed by atoms with Gasteiger partial charge in [0, 0.05) is 30.1 Å². The number of nitrogens with two attached hydrogens (primary N) is 1. The molecule has 0 amide bonds. The molecule has 2 aromatic rings. The maximum atomic E-state index is 5.92. The number of para-hydroxylation sites is 3. The number of fused-ring (bicyclic) bond motifs is 1. The number of likely N-dealkylation sites (N-methyl/N-ethyl adjacent to an activating group) is 1. The van der Waals surface area contributed by atoms with Gasteiger partial charge in [-0.3, -0.25) is 4.99 Å². The van der Waals surface area contributed by atoms with Crippen molar-refractivity contribution in [3.63, 3.8) is 0 Å². The van der Waals surface area contributed by atoms with Gasteiger partial charge in [0.2, 0.25) is 0 Å². The number of nitrogens with zero attached hydrogens (tertiary/aromatic N) is 2. The van der Waals surface area contributed by atoms with Gasteiger partial charge in [-0.1, -0.05) is 44.2 Å². The van der Waals surface area contributed by atoms with E-state index in [4.69, 9.17) is 5.73 Å². The normalized spacial score (nSPS) is 18.1. The van der Waals surface area contributed by atoms with Gasteiger partial charge in [-0.15, -0.1) is 0 Å². The molecule has 0 aromatic heterocycles. The maximum Gasteiger partial charge on any atom is 0.0858 e. The summed E-state index contributed by atoms with van der Waals surface area (Å²) in [7, 11) is 2.10. The predicted octanol–water partition coefficient (Wildman–Crippen LogP) is 4.28. The summed E-state index contributed by atoms with van der Waals surface area (Å²) >= 11 is 0. The van der Waals surface area contributed by atoms with Crippen LogP contribution in [-0.2, 0) is 5.41 Å². The third-order valence-electron chi connectivity index (χ3n) is 4.32. The van der Waals surface area contributed by atoms with Gasteiger partial charge in [-0.2, -0.15) is 0 Å². The van der Waals surface area contributed by atoms with Crippen molar-refractivity contribution >= 4 is 23.3 Å². The molecule has 0 spiro atoms. The van der Waals surface area contributed by atoms with Gasteiger partial charge in [-0.25, -0.2) is 0 Å².